The monoisotopic (exact) mass is 428 g/mol. The van der Waals surface area contributed by atoms with Crippen LogP contribution >= 0.6 is 11.6 Å². The zero-order valence-corrected chi connectivity index (χ0v) is 17.1. The summed E-state index contributed by atoms with van der Waals surface area (Å²) < 4.78 is 5.51. The van der Waals surface area contributed by atoms with Gasteiger partial charge in [-0.05, 0) is 36.2 Å². The Labute approximate surface area is 178 Å². The fourth-order valence-electron chi connectivity index (χ4n) is 3.68. The van der Waals surface area contributed by atoms with E-state index in [1.165, 1.54) is 11.3 Å². The number of benzene rings is 1. The molecule has 2 aromatic rings. The van der Waals surface area contributed by atoms with E-state index in [1.54, 1.807) is 24.3 Å². The number of nitrogens with one attached hydrogen (secondary N) is 1. The van der Waals surface area contributed by atoms with Crippen LogP contribution in [0.1, 0.15) is 43.6 Å². The van der Waals surface area contributed by atoms with Crippen LogP contribution in [0.2, 0.25) is 5.02 Å². The van der Waals surface area contributed by atoms with Gasteiger partial charge in [0, 0.05) is 11.4 Å². The minimum atomic E-state index is -0.581. The summed E-state index contributed by atoms with van der Waals surface area (Å²) in [5.74, 6) is -0.260. The van der Waals surface area contributed by atoms with Crippen LogP contribution in [0, 0.1) is 0 Å². The largest absolute Gasteiger partial charge is 0.467 e. The molecule has 2 aliphatic rings. The van der Waals surface area contributed by atoms with Gasteiger partial charge in [0.15, 0.2) is 0 Å². The van der Waals surface area contributed by atoms with Crippen LogP contribution in [-0.4, -0.2) is 46.1 Å². The van der Waals surface area contributed by atoms with Crippen LogP contribution in [0.3, 0.4) is 0 Å². The molecule has 0 radical (unpaired) electrons. The van der Waals surface area contributed by atoms with Crippen molar-refractivity contribution in [1.82, 2.24) is 15.2 Å². The summed E-state index contributed by atoms with van der Waals surface area (Å²) in [6.45, 7) is 1.55. The first-order chi connectivity index (χ1) is 14.5. The Morgan fingerprint density at radius 1 is 1.27 bits per heavy atom. The minimum absolute atomic E-state index is 0.376. The highest BCUT2D eigenvalue weighted by Gasteiger charge is 2.41. The summed E-state index contributed by atoms with van der Waals surface area (Å²) in [7, 11) is 0. The molecular formula is C21H21ClN4O4. The molecule has 2 aliphatic heterocycles. The number of imide groups is 1. The number of nitrogens with zero attached hydrogens (tertiary/aromatic N) is 3. The van der Waals surface area contributed by atoms with Gasteiger partial charge < -0.3 is 9.73 Å². The normalized spacial score (nSPS) is 21.2. The number of carbonyl (C=O) groups excluding carboxylic acids is 3. The van der Waals surface area contributed by atoms with Crippen molar-refractivity contribution < 1.29 is 18.8 Å². The molecule has 2 atom stereocenters. The van der Waals surface area contributed by atoms with Crippen molar-refractivity contribution in [3.05, 3.63) is 59.0 Å². The molecule has 4 amide bonds. The van der Waals surface area contributed by atoms with Crippen molar-refractivity contribution in [2.75, 3.05) is 6.54 Å². The first kappa shape index (κ1) is 20.2. The van der Waals surface area contributed by atoms with E-state index in [4.69, 9.17) is 16.0 Å². The molecule has 1 aromatic heterocycles. The number of hydrazone groups is 1. The molecule has 0 aliphatic carbocycles. The van der Waals surface area contributed by atoms with Gasteiger partial charge in [0.1, 0.15) is 24.4 Å². The van der Waals surface area contributed by atoms with E-state index in [9.17, 15) is 14.4 Å². The molecule has 1 N–H and O–H groups in total. The van der Waals surface area contributed by atoms with E-state index in [0.29, 0.717) is 29.3 Å². The lowest BCUT2D eigenvalue weighted by molar-refractivity contribution is -0.138. The van der Waals surface area contributed by atoms with Crippen molar-refractivity contribution in [1.29, 1.82) is 0 Å². The molecular weight excluding hydrogens is 408 g/mol. The van der Waals surface area contributed by atoms with Crippen molar-refractivity contribution in [3.8, 4) is 0 Å². The number of amides is 4. The molecule has 1 saturated heterocycles. The molecule has 0 spiro atoms. The summed E-state index contributed by atoms with van der Waals surface area (Å²) in [4.78, 5) is 38.7. The van der Waals surface area contributed by atoms with E-state index >= 15 is 0 Å². The van der Waals surface area contributed by atoms with Crippen LogP contribution < -0.4 is 5.32 Å². The van der Waals surface area contributed by atoms with Gasteiger partial charge in [0.25, 0.3) is 11.8 Å². The van der Waals surface area contributed by atoms with Gasteiger partial charge in [0.2, 0.25) is 0 Å². The number of hydrogen-bond acceptors (Lipinski definition) is 5. The molecule has 4 rings (SSSR count). The van der Waals surface area contributed by atoms with E-state index in [1.807, 2.05) is 19.1 Å². The first-order valence-corrected chi connectivity index (χ1v) is 10.2. The lowest BCUT2D eigenvalue weighted by Gasteiger charge is -2.22. The maximum Gasteiger partial charge on any atom is 0.325 e. The number of carbonyl (C=O) groups is 3. The molecule has 0 bridgehead atoms. The zero-order valence-electron chi connectivity index (χ0n) is 16.4. The summed E-state index contributed by atoms with van der Waals surface area (Å²) >= 11 is 5.97. The van der Waals surface area contributed by atoms with E-state index in [0.717, 1.165) is 16.9 Å². The fraction of sp³-hybridized carbons (Fsp3) is 0.333. The maximum absolute atomic E-state index is 13.1. The maximum atomic E-state index is 13.1. The van der Waals surface area contributed by atoms with Crippen LogP contribution in [0.15, 0.2) is 52.2 Å². The third-order valence-corrected chi connectivity index (χ3v) is 5.44. The standard InChI is InChI=1S/C21H21ClN4O4/c1-2-4-15-20(28)25(21(29)23-15)12-19(27)26-17(18-5-3-10-30-18)11-16(24-26)13-6-8-14(22)9-7-13/h3,5-10,15,17H,2,4,11-12H2,1H3,(H,23,29)/t15-,17+/m0/s1. The van der Waals surface area contributed by atoms with Crippen molar-refractivity contribution >= 4 is 35.2 Å². The number of urea groups is 1. The Morgan fingerprint density at radius 3 is 2.70 bits per heavy atom. The van der Waals surface area contributed by atoms with Crippen LogP contribution in [0.5, 0.6) is 0 Å². The highest BCUT2D eigenvalue weighted by atomic mass is 35.5. The van der Waals surface area contributed by atoms with Crippen molar-refractivity contribution in [2.24, 2.45) is 5.10 Å². The number of hydrogen-bond donors (Lipinski definition) is 1. The average Bonchev–Trinajstić information content (AvgIpc) is 3.45. The van der Waals surface area contributed by atoms with Gasteiger partial charge >= 0.3 is 6.03 Å². The lowest BCUT2D eigenvalue weighted by Crippen LogP contribution is -2.41. The van der Waals surface area contributed by atoms with Crippen molar-refractivity contribution in [3.63, 3.8) is 0 Å². The molecule has 3 heterocycles. The molecule has 1 aromatic carbocycles. The minimum Gasteiger partial charge on any atom is -0.467 e. The first-order valence-electron chi connectivity index (χ1n) is 9.78. The Balaban J connectivity index is 1.57. The van der Waals surface area contributed by atoms with Gasteiger partial charge in [-0.3, -0.25) is 14.5 Å². The van der Waals surface area contributed by atoms with Gasteiger partial charge in [-0.15, -0.1) is 0 Å². The molecule has 8 nitrogen and oxygen atoms in total. The molecule has 156 valence electrons. The Hall–Kier alpha value is -3.13. The summed E-state index contributed by atoms with van der Waals surface area (Å²) in [6.07, 6.45) is 3.26. The zero-order chi connectivity index (χ0) is 21.3. The van der Waals surface area contributed by atoms with E-state index in [-0.39, 0.29) is 12.5 Å². The summed E-state index contributed by atoms with van der Waals surface area (Å²) in [5.41, 5.74) is 1.53. The SMILES string of the molecule is CCC[C@@H]1NC(=O)N(CC(=O)N2N=C(c3ccc(Cl)cc3)C[C@@H]2c2ccco2)C1=O. The highest BCUT2D eigenvalue weighted by Crippen LogP contribution is 2.33. The van der Waals surface area contributed by atoms with E-state index < -0.39 is 24.0 Å². The smallest absolute Gasteiger partial charge is 0.325 e. The van der Waals surface area contributed by atoms with E-state index in [2.05, 4.69) is 10.4 Å². The Kier molecular flexibility index (Phi) is 5.59. The second-order valence-electron chi connectivity index (χ2n) is 7.24. The molecule has 30 heavy (non-hydrogen) atoms. The quantitative estimate of drug-likeness (QED) is 0.714. The van der Waals surface area contributed by atoms with Crippen LogP contribution in [0.4, 0.5) is 4.79 Å². The Morgan fingerprint density at radius 2 is 2.03 bits per heavy atom. The topological polar surface area (TPSA) is 95.2 Å². The second-order valence-corrected chi connectivity index (χ2v) is 7.68. The van der Waals surface area contributed by atoms with Crippen molar-refractivity contribution in [2.45, 2.75) is 38.3 Å². The number of rotatable bonds is 6. The highest BCUT2D eigenvalue weighted by molar-refractivity contribution is 6.30. The predicted molar refractivity (Wildman–Crippen MR) is 110 cm³/mol. The summed E-state index contributed by atoms with van der Waals surface area (Å²) in [5, 5.41) is 9.04. The van der Waals surface area contributed by atoms with Crippen LogP contribution in [0.25, 0.3) is 0 Å². The summed E-state index contributed by atoms with van der Waals surface area (Å²) in [6, 6.07) is 9.11. The number of furan rings is 1. The number of halogens is 1. The molecule has 1 fully saturated rings. The molecule has 9 heteroatoms. The lowest BCUT2D eigenvalue weighted by atomic mass is 10.0. The van der Waals surface area contributed by atoms with Gasteiger partial charge in [0.05, 0.1) is 12.0 Å². The third kappa shape index (κ3) is 3.82. The average molecular weight is 429 g/mol. The fourth-order valence-corrected chi connectivity index (χ4v) is 3.80. The Bertz CT molecular complexity index is 987. The van der Waals surface area contributed by atoms with Gasteiger partial charge in [-0.25, -0.2) is 9.80 Å². The predicted octanol–water partition coefficient (Wildman–Crippen LogP) is 3.33. The molecule has 0 unspecified atom stereocenters. The molecule has 0 saturated carbocycles. The third-order valence-electron chi connectivity index (χ3n) is 5.19. The van der Waals surface area contributed by atoms with Gasteiger partial charge in [-0.2, -0.15) is 5.10 Å². The van der Waals surface area contributed by atoms with Gasteiger partial charge in [-0.1, -0.05) is 37.1 Å². The second kappa shape index (κ2) is 8.31. The van der Waals surface area contributed by atoms with Crippen LogP contribution in [-0.2, 0) is 9.59 Å².